The number of fused-ring (bicyclic) bond motifs is 1. The summed E-state index contributed by atoms with van der Waals surface area (Å²) in [6.07, 6.45) is 8.94. The van der Waals surface area contributed by atoms with Crippen LogP contribution < -0.4 is 9.80 Å². The number of hydrogen-bond acceptors (Lipinski definition) is 4. The smallest absolute Gasteiger partial charge is 0.249 e. The van der Waals surface area contributed by atoms with Gasteiger partial charge < -0.3 is 9.80 Å². The van der Waals surface area contributed by atoms with Crippen LogP contribution >= 0.6 is 0 Å². The van der Waals surface area contributed by atoms with Crippen molar-refractivity contribution >= 4 is 23.5 Å². The summed E-state index contributed by atoms with van der Waals surface area (Å²) >= 11 is 0. The second kappa shape index (κ2) is 7.57. The molecule has 2 heterocycles. The Labute approximate surface area is 139 Å². The molecule has 1 aromatic heterocycles. The highest BCUT2D eigenvalue weighted by Crippen LogP contribution is 2.39. The van der Waals surface area contributed by atoms with Crippen LogP contribution in [0.2, 0.25) is 0 Å². The van der Waals surface area contributed by atoms with E-state index in [4.69, 9.17) is 0 Å². The Morgan fingerprint density at radius 1 is 1.35 bits per heavy atom. The van der Waals surface area contributed by atoms with Crippen LogP contribution in [-0.4, -0.2) is 35.0 Å². The lowest BCUT2D eigenvalue weighted by molar-refractivity contribution is -0.120. The molecular formula is C18H28N4O. The molecule has 1 aliphatic carbocycles. The van der Waals surface area contributed by atoms with Gasteiger partial charge in [0.05, 0.1) is 6.20 Å². The number of hydrogen-bond donors (Lipinski definition) is 0. The minimum absolute atomic E-state index is 0.113. The van der Waals surface area contributed by atoms with Gasteiger partial charge in [-0.25, -0.2) is 9.97 Å². The number of aromatic nitrogens is 2. The summed E-state index contributed by atoms with van der Waals surface area (Å²) in [6, 6.07) is 0.303. The van der Waals surface area contributed by atoms with Gasteiger partial charge in [-0.2, -0.15) is 0 Å². The molecule has 5 nitrogen and oxygen atoms in total. The second-order valence-electron chi connectivity index (χ2n) is 5.81. The summed E-state index contributed by atoms with van der Waals surface area (Å²) in [4.78, 5) is 25.5. The van der Waals surface area contributed by atoms with E-state index in [1.54, 1.807) is 17.2 Å². The lowest BCUT2D eigenvalue weighted by Crippen LogP contribution is -2.55. The Morgan fingerprint density at radius 2 is 2.00 bits per heavy atom. The Kier molecular flexibility index (Phi) is 5.74. The number of rotatable bonds is 3. The third-order valence-electron chi connectivity index (χ3n) is 4.61. The Bertz CT molecular complexity index is 566. The zero-order chi connectivity index (χ0) is 17.0. The van der Waals surface area contributed by atoms with Crippen molar-refractivity contribution in [2.45, 2.75) is 65.0 Å². The lowest BCUT2D eigenvalue weighted by Gasteiger charge is -2.43. The van der Waals surface area contributed by atoms with Crippen LogP contribution in [0.4, 0.5) is 11.5 Å². The second-order valence-corrected chi connectivity index (χ2v) is 5.81. The van der Waals surface area contributed by atoms with Crippen LogP contribution in [0.15, 0.2) is 12.8 Å². The van der Waals surface area contributed by atoms with Crippen molar-refractivity contribution < 1.29 is 4.79 Å². The predicted molar refractivity (Wildman–Crippen MR) is 95.7 cm³/mol. The summed E-state index contributed by atoms with van der Waals surface area (Å²) in [5.74, 6) is 1.65. The topological polar surface area (TPSA) is 49.3 Å². The molecule has 0 unspecified atom stereocenters. The number of anilines is 2. The normalized spacial score (nSPS) is 20.9. The molecule has 1 atom stereocenters. The van der Waals surface area contributed by atoms with Crippen LogP contribution in [0, 0.1) is 0 Å². The maximum atomic E-state index is 12.6. The van der Waals surface area contributed by atoms with E-state index in [-0.39, 0.29) is 11.9 Å². The molecule has 0 saturated heterocycles. The van der Waals surface area contributed by atoms with Crippen LogP contribution in [0.5, 0.6) is 0 Å². The van der Waals surface area contributed by atoms with Crippen molar-refractivity contribution in [2.75, 3.05) is 16.8 Å². The van der Waals surface area contributed by atoms with E-state index in [9.17, 15) is 4.79 Å². The van der Waals surface area contributed by atoms with Crippen molar-refractivity contribution in [3.05, 3.63) is 18.6 Å². The zero-order valence-electron chi connectivity index (χ0n) is 14.7. The fourth-order valence-corrected chi connectivity index (χ4v) is 3.49. The number of carbonyl (C=O) groups excluding carboxylic acids is 1. The summed E-state index contributed by atoms with van der Waals surface area (Å²) in [6.45, 7) is 9.82. The first-order valence-corrected chi connectivity index (χ1v) is 8.72. The number of likely N-dealkylation sites (N-methyl/N-ethyl adjacent to an activating group) is 1. The van der Waals surface area contributed by atoms with E-state index in [2.05, 4.69) is 28.4 Å². The number of carbonyl (C=O) groups is 1. The van der Waals surface area contributed by atoms with Crippen LogP contribution in [0.1, 0.15) is 58.7 Å². The molecule has 3 rings (SSSR count). The summed E-state index contributed by atoms with van der Waals surface area (Å²) < 4.78 is 0. The van der Waals surface area contributed by atoms with Gasteiger partial charge in [-0.05, 0) is 25.3 Å². The van der Waals surface area contributed by atoms with Gasteiger partial charge in [0.25, 0.3) is 0 Å². The van der Waals surface area contributed by atoms with E-state index in [1.165, 1.54) is 12.8 Å². The van der Waals surface area contributed by atoms with Crippen molar-refractivity contribution in [2.24, 2.45) is 0 Å². The quantitative estimate of drug-likeness (QED) is 0.854. The molecule has 1 aromatic rings. The minimum Gasteiger partial charge on any atom is -0.340 e. The minimum atomic E-state index is -0.113. The van der Waals surface area contributed by atoms with Crippen molar-refractivity contribution in [1.29, 1.82) is 0 Å². The standard InChI is InChI=1S/C16H22N4O.C2H6/c1-4-12-16(21)19(3)13-10-17-14(5-2)18-15(13)20(12)11-8-6-7-9-11;1-2/h5,10-12H,2,4,6-9H2,1,3H3;1-2H3/t12-;/m1./s1. The Hall–Kier alpha value is -1.91. The average Bonchev–Trinajstić information content (AvgIpc) is 3.13. The largest absolute Gasteiger partial charge is 0.340 e. The molecule has 1 fully saturated rings. The fraction of sp³-hybridized carbons (Fsp3) is 0.611. The molecule has 5 heteroatoms. The van der Waals surface area contributed by atoms with Gasteiger partial charge in [-0.3, -0.25) is 4.79 Å². The van der Waals surface area contributed by atoms with Gasteiger partial charge in [-0.15, -0.1) is 0 Å². The lowest BCUT2D eigenvalue weighted by atomic mass is 10.0. The van der Waals surface area contributed by atoms with E-state index in [1.807, 2.05) is 20.9 Å². The van der Waals surface area contributed by atoms with E-state index < -0.39 is 0 Å². The highest BCUT2D eigenvalue weighted by atomic mass is 16.2. The average molecular weight is 316 g/mol. The van der Waals surface area contributed by atoms with Crippen LogP contribution in [0.25, 0.3) is 6.08 Å². The van der Waals surface area contributed by atoms with Gasteiger partial charge >= 0.3 is 0 Å². The number of nitrogens with zero attached hydrogens (tertiary/aromatic N) is 4. The first kappa shape index (κ1) is 17.4. The van der Waals surface area contributed by atoms with Crippen LogP contribution in [-0.2, 0) is 4.79 Å². The Morgan fingerprint density at radius 3 is 2.57 bits per heavy atom. The molecule has 1 amide bonds. The molecule has 1 saturated carbocycles. The van der Waals surface area contributed by atoms with E-state index in [0.717, 1.165) is 30.8 Å². The number of amides is 1. The van der Waals surface area contributed by atoms with E-state index >= 15 is 0 Å². The summed E-state index contributed by atoms with van der Waals surface area (Å²) in [5, 5.41) is 0. The third kappa shape index (κ3) is 3.09. The first-order chi connectivity index (χ1) is 11.2. The highest BCUT2D eigenvalue weighted by Gasteiger charge is 2.40. The molecule has 2 aliphatic rings. The molecular weight excluding hydrogens is 288 g/mol. The predicted octanol–water partition coefficient (Wildman–Crippen LogP) is 3.65. The molecule has 1 aliphatic heterocycles. The molecule has 0 aromatic carbocycles. The zero-order valence-corrected chi connectivity index (χ0v) is 14.7. The van der Waals surface area contributed by atoms with Gasteiger partial charge in [-0.1, -0.05) is 40.2 Å². The molecule has 0 bridgehead atoms. The maximum absolute atomic E-state index is 12.6. The molecule has 0 radical (unpaired) electrons. The van der Waals surface area contributed by atoms with Gasteiger partial charge in [0.2, 0.25) is 5.91 Å². The highest BCUT2D eigenvalue weighted by molar-refractivity contribution is 6.04. The van der Waals surface area contributed by atoms with Gasteiger partial charge in [0.15, 0.2) is 11.6 Å². The SMILES string of the molecule is C=Cc1ncc2c(n1)N(C1CCCC1)[C@H](CC)C(=O)N2C.CC. The monoisotopic (exact) mass is 316 g/mol. The molecule has 126 valence electrons. The fourth-order valence-electron chi connectivity index (χ4n) is 3.49. The summed E-state index contributed by atoms with van der Waals surface area (Å²) in [7, 11) is 1.81. The van der Waals surface area contributed by atoms with Crippen LogP contribution in [0.3, 0.4) is 0 Å². The van der Waals surface area contributed by atoms with E-state index in [0.29, 0.717) is 11.9 Å². The summed E-state index contributed by atoms with van der Waals surface area (Å²) in [5.41, 5.74) is 0.808. The Balaban J connectivity index is 0.000000924. The van der Waals surface area contributed by atoms with Crippen molar-refractivity contribution in [3.63, 3.8) is 0 Å². The molecule has 0 N–H and O–H groups in total. The van der Waals surface area contributed by atoms with Crippen molar-refractivity contribution in [1.82, 2.24) is 9.97 Å². The molecule has 0 spiro atoms. The third-order valence-corrected chi connectivity index (χ3v) is 4.61. The van der Waals surface area contributed by atoms with Crippen molar-refractivity contribution in [3.8, 4) is 0 Å². The first-order valence-electron chi connectivity index (χ1n) is 8.72. The van der Waals surface area contributed by atoms with Gasteiger partial charge in [0, 0.05) is 13.1 Å². The van der Waals surface area contributed by atoms with Gasteiger partial charge in [0.1, 0.15) is 11.7 Å². The maximum Gasteiger partial charge on any atom is 0.249 e. The molecule has 23 heavy (non-hydrogen) atoms.